The summed E-state index contributed by atoms with van der Waals surface area (Å²) in [5.74, 6) is 1.58. The Balaban J connectivity index is 1.67. The van der Waals surface area contributed by atoms with Crippen molar-refractivity contribution in [3.8, 4) is 5.75 Å². The van der Waals surface area contributed by atoms with Gasteiger partial charge in [0.05, 0.1) is 12.8 Å². The predicted molar refractivity (Wildman–Crippen MR) is 129 cm³/mol. The number of ether oxygens (including phenoxy) is 2. The fourth-order valence-corrected chi connectivity index (χ4v) is 4.81. The van der Waals surface area contributed by atoms with Gasteiger partial charge in [0.15, 0.2) is 0 Å². The number of anilines is 2. The van der Waals surface area contributed by atoms with Gasteiger partial charge in [0.25, 0.3) is 0 Å². The smallest absolute Gasteiger partial charge is 0.143 e. The van der Waals surface area contributed by atoms with Gasteiger partial charge >= 0.3 is 0 Å². The van der Waals surface area contributed by atoms with Crippen LogP contribution in [0.15, 0.2) is 46.2 Å². The van der Waals surface area contributed by atoms with E-state index in [0.29, 0.717) is 5.92 Å². The lowest BCUT2D eigenvalue weighted by Crippen LogP contribution is -2.23. The molecule has 164 valence electrons. The van der Waals surface area contributed by atoms with Crippen molar-refractivity contribution in [3.05, 3.63) is 42.0 Å². The molecule has 0 unspecified atom stereocenters. The normalized spacial score (nSPS) is 14.5. The molecule has 1 fully saturated rings. The van der Waals surface area contributed by atoms with E-state index in [2.05, 4.69) is 67.4 Å². The number of rotatable bonds is 10. The third-order valence-corrected chi connectivity index (χ3v) is 6.89. The van der Waals surface area contributed by atoms with Crippen molar-refractivity contribution in [1.29, 1.82) is 0 Å². The zero-order valence-corrected chi connectivity index (χ0v) is 19.7. The number of nitrogens with one attached hydrogen (secondary N) is 1. The summed E-state index contributed by atoms with van der Waals surface area (Å²) in [6, 6.07) is 13.3. The van der Waals surface area contributed by atoms with Crippen molar-refractivity contribution in [3.63, 3.8) is 0 Å². The van der Waals surface area contributed by atoms with E-state index in [1.54, 1.807) is 18.9 Å². The number of hydrogen-bond donors (Lipinski definition) is 1. The molecule has 2 aromatic carbocycles. The Morgan fingerprint density at radius 1 is 1.13 bits per heavy atom. The zero-order chi connectivity index (χ0) is 21.3. The van der Waals surface area contributed by atoms with Crippen LogP contribution < -0.4 is 15.0 Å². The predicted octanol–water partition coefficient (Wildman–Crippen LogP) is 6.23. The Hall–Kier alpha value is -1.85. The Morgan fingerprint density at radius 3 is 2.60 bits per heavy atom. The average molecular weight is 429 g/mol. The minimum Gasteiger partial charge on any atom is -0.495 e. The maximum Gasteiger partial charge on any atom is 0.143 e. The van der Waals surface area contributed by atoms with Gasteiger partial charge in [-0.05, 0) is 81.0 Å². The summed E-state index contributed by atoms with van der Waals surface area (Å²) in [6.45, 7) is 11.5. The second-order valence-corrected chi connectivity index (χ2v) is 9.05. The first-order valence-corrected chi connectivity index (χ1v) is 12.0. The molecular weight excluding hydrogens is 392 g/mol. The summed E-state index contributed by atoms with van der Waals surface area (Å²) in [5, 5.41) is 3.58. The van der Waals surface area contributed by atoms with Crippen LogP contribution in [0.3, 0.4) is 0 Å². The molecule has 1 N–H and O–H groups in total. The molecule has 4 nitrogen and oxygen atoms in total. The van der Waals surface area contributed by atoms with Crippen molar-refractivity contribution in [2.24, 2.45) is 5.92 Å². The zero-order valence-electron chi connectivity index (χ0n) is 18.9. The van der Waals surface area contributed by atoms with Crippen LogP contribution in [0.5, 0.6) is 5.75 Å². The first-order chi connectivity index (χ1) is 14.6. The Bertz CT molecular complexity index is 806. The third kappa shape index (κ3) is 6.08. The highest BCUT2D eigenvalue weighted by Crippen LogP contribution is 2.37. The van der Waals surface area contributed by atoms with E-state index >= 15 is 0 Å². The van der Waals surface area contributed by atoms with Crippen molar-refractivity contribution in [2.45, 2.75) is 49.8 Å². The van der Waals surface area contributed by atoms with Crippen molar-refractivity contribution >= 4 is 23.1 Å². The fourth-order valence-electron chi connectivity index (χ4n) is 3.90. The molecule has 0 atom stereocenters. The van der Waals surface area contributed by atoms with E-state index in [-0.39, 0.29) is 0 Å². The van der Waals surface area contributed by atoms with Gasteiger partial charge in [-0.3, -0.25) is 0 Å². The van der Waals surface area contributed by atoms with Crippen LogP contribution in [0.4, 0.5) is 11.4 Å². The summed E-state index contributed by atoms with van der Waals surface area (Å²) >= 11 is 1.80. The quantitative estimate of drug-likeness (QED) is 0.485. The van der Waals surface area contributed by atoms with E-state index in [9.17, 15) is 0 Å². The van der Waals surface area contributed by atoms with Crippen LogP contribution in [0.25, 0.3) is 0 Å². The van der Waals surface area contributed by atoms with Crippen LogP contribution >= 0.6 is 11.8 Å². The molecule has 0 bridgehead atoms. The van der Waals surface area contributed by atoms with Gasteiger partial charge in [0.2, 0.25) is 0 Å². The molecular formula is C25H36N2O2S. The molecule has 0 aromatic heterocycles. The molecule has 1 heterocycles. The van der Waals surface area contributed by atoms with Crippen LogP contribution in [0.2, 0.25) is 0 Å². The van der Waals surface area contributed by atoms with Crippen LogP contribution in [0, 0.1) is 12.8 Å². The van der Waals surface area contributed by atoms with Crippen molar-refractivity contribution < 1.29 is 9.47 Å². The van der Waals surface area contributed by atoms with Gasteiger partial charge in [-0.25, -0.2) is 0 Å². The summed E-state index contributed by atoms with van der Waals surface area (Å²) in [6.07, 6.45) is 3.43. The van der Waals surface area contributed by atoms with E-state index < -0.39 is 0 Å². The maximum atomic E-state index is 5.68. The van der Waals surface area contributed by atoms with E-state index in [1.165, 1.54) is 21.0 Å². The highest BCUT2D eigenvalue weighted by molar-refractivity contribution is 7.99. The monoisotopic (exact) mass is 428 g/mol. The molecule has 0 aliphatic carbocycles. The highest BCUT2D eigenvalue weighted by atomic mass is 32.2. The Kier molecular flexibility index (Phi) is 8.76. The molecule has 1 aliphatic rings. The molecule has 5 heteroatoms. The number of nitrogens with zero attached hydrogens (tertiary/aromatic N) is 1. The Morgan fingerprint density at radius 2 is 1.93 bits per heavy atom. The largest absolute Gasteiger partial charge is 0.495 e. The van der Waals surface area contributed by atoms with E-state index in [0.717, 1.165) is 63.5 Å². The fraction of sp³-hybridized carbons (Fsp3) is 0.520. The minimum absolute atomic E-state index is 0.675. The summed E-state index contributed by atoms with van der Waals surface area (Å²) in [7, 11) is 1.75. The summed E-state index contributed by atoms with van der Waals surface area (Å²) in [4.78, 5) is 4.92. The first-order valence-electron chi connectivity index (χ1n) is 11.2. The molecule has 1 saturated heterocycles. The average Bonchev–Trinajstić information content (AvgIpc) is 2.78. The lowest BCUT2D eigenvalue weighted by atomic mass is 10.0. The molecule has 3 rings (SSSR count). The lowest BCUT2D eigenvalue weighted by Gasteiger charge is -2.24. The third-order valence-electron chi connectivity index (χ3n) is 5.72. The number of aryl methyl sites for hydroxylation is 1. The Labute approximate surface area is 186 Å². The van der Waals surface area contributed by atoms with Gasteiger partial charge in [0, 0.05) is 48.3 Å². The SMILES string of the molecule is CCCN(CC)c1ccc(Sc2ccc(NCC3CCOCC3)c(OC)c2)c(C)c1. The lowest BCUT2D eigenvalue weighted by molar-refractivity contribution is 0.0699. The van der Waals surface area contributed by atoms with Gasteiger partial charge in [-0.2, -0.15) is 0 Å². The van der Waals surface area contributed by atoms with Crippen molar-refractivity contribution in [2.75, 3.05) is 50.2 Å². The number of benzene rings is 2. The summed E-state index contributed by atoms with van der Waals surface area (Å²) < 4.78 is 11.1. The second kappa shape index (κ2) is 11.5. The highest BCUT2D eigenvalue weighted by Gasteiger charge is 2.15. The van der Waals surface area contributed by atoms with Crippen LogP contribution in [-0.4, -0.2) is 40.0 Å². The second-order valence-electron chi connectivity index (χ2n) is 7.93. The molecule has 30 heavy (non-hydrogen) atoms. The molecule has 0 radical (unpaired) electrons. The van der Waals surface area contributed by atoms with Gasteiger partial charge in [-0.1, -0.05) is 18.7 Å². The first kappa shape index (κ1) is 22.8. The van der Waals surface area contributed by atoms with E-state index in [1.807, 2.05) is 0 Å². The maximum absolute atomic E-state index is 5.68. The van der Waals surface area contributed by atoms with Crippen LogP contribution in [-0.2, 0) is 4.74 Å². The molecule has 1 aliphatic heterocycles. The van der Waals surface area contributed by atoms with Gasteiger partial charge in [0.1, 0.15) is 5.75 Å². The van der Waals surface area contributed by atoms with E-state index in [4.69, 9.17) is 9.47 Å². The standard InChI is InChI=1S/C25H36N2O2S/c1-5-13-27(6-2)21-7-10-25(19(3)16-21)30-22-8-9-23(24(17-22)28-4)26-18-20-11-14-29-15-12-20/h7-10,16-17,20,26H,5-6,11-15,18H2,1-4H3. The molecule has 2 aromatic rings. The number of methoxy groups -OCH3 is 1. The number of hydrogen-bond acceptors (Lipinski definition) is 5. The van der Waals surface area contributed by atoms with Crippen molar-refractivity contribution in [1.82, 2.24) is 0 Å². The minimum atomic E-state index is 0.675. The molecule has 0 spiro atoms. The van der Waals surface area contributed by atoms with Gasteiger partial charge < -0.3 is 19.7 Å². The molecule has 0 amide bonds. The molecule has 0 saturated carbocycles. The van der Waals surface area contributed by atoms with Crippen LogP contribution in [0.1, 0.15) is 38.7 Å². The topological polar surface area (TPSA) is 33.7 Å². The van der Waals surface area contributed by atoms with Gasteiger partial charge in [-0.15, -0.1) is 0 Å². The summed E-state index contributed by atoms with van der Waals surface area (Å²) in [5.41, 5.74) is 3.69.